The third kappa shape index (κ3) is 2.99. The number of ether oxygens (including phenoxy) is 1. The van der Waals surface area contributed by atoms with Crippen LogP contribution >= 0.6 is 0 Å². The number of carboxylic acids is 1. The molecule has 1 aliphatic rings. The molecule has 0 aromatic heterocycles. The molecule has 1 aliphatic carbocycles. The molecule has 0 saturated heterocycles. The molecule has 0 amide bonds. The lowest BCUT2D eigenvalue weighted by Crippen LogP contribution is -2.34. The minimum absolute atomic E-state index is 0.128. The second kappa shape index (κ2) is 4.61. The molecule has 3 nitrogen and oxygen atoms in total. The number of methoxy groups -OCH3 is 1. The van der Waals surface area contributed by atoms with Crippen molar-refractivity contribution in [2.24, 2.45) is 0 Å². The Labute approximate surface area is 79.1 Å². The van der Waals surface area contributed by atoms with Gasteiger partial charge in [-0.3, -0.25) is 4.79 Å². The molecule has 3 heteroatoms. The topological polar surface area (TPSA) is 46.5 Å². The summed E-state index contributed by atoms with van der Waals surface area (Å²) in [6.07, 6.45) is 6.55. The Morgan fingerprint density at radius 1 is 1.38 bits per heavy atom. The van der Waals surface area contributed by atoms with E-state index in [-0.39, 0.29) is 12.0 Å². The van der Waals surface area contributed by atoms with Crippen molar-refractivity contribution >= 4 is 5.97 Å². The van der Waals surface area contributed by atoms with E-state index in [1.165, 1.54) is 19.3 Å². The lowest BCUT2D eigenvalue weighted by Gasteiger charge is -2.35. The van der Waals surface area contributed by atoms with Crippen molar-refractivity contribution in [2.45, 2.75) is 50.5 Å². The normalized spacial score (nSPS) is 21.3. The van der Waals surface area contributed by atoms with E-state index in [0.29, 0.717) is 6.42 Å². The van der Waals surface area contributed by atoms with Gasteiger partial charge in [0.1, 0.15) is 0 Å². The zero-order valence-corrected chi connectivity index (χ0v) is 8.21. The summed E-state index contributed by atoms with van der Waals surface area (Å²) < 4.78 is 5.47. The Morgan fingerprint density at radius 3 is 2.46 bits per heavy atom. The minimum Gasteiger partial charge on any atom is -0.481 e. The van der Waals surface area contributed by atoms with Gasteiger partial charge in [-0.05, 0) is 19.3 Å². The van der Waals surface area contributed by atoms with Gasteiger partial charge >= 0.3 is 5.97 Å². The van der Waals surface area contributed by atoms with E-state index < -0.39 is 5.97 Å². The van der Waals surface area contributed by atoms with Gasteiger partial charge in [0.15, 0.2) is 0 Å². The highest BCUT2D eigenvalue weighted by Crippen LogP contribution is 2.34. The zero-order chi connectivity index (χ0) is 9.73. The molecular weight excluding hydrogens is 168 g/mol. The molecule has 0 heterocycles. The molecule has 1 rings (SSSR count). The predicted octanol–water partition coefficient (Wildman–Crippen LogP) is 2.20. The maximum atomic E-state index is 10.4. The molecule has 0 aliphatic heterocycles. The van der Waals surface area contributed by atoms with Crippen LogP contribution in [-0.2, 0) is 9.53 Å². The number of hydrogen-bond donors (Lipinski definition) is 1. The van der Waals surface area contributed by atoms with Crippen LogP contribution in [0, 0.1) is 0 Å². The van der Waals surface area contributed by atoms with Crippen molar-refractivity contribution in [2.75, 3.05) is 7.11 Å². The molecular formula is C10H18O3. The monoisotopic (exact) mass is 186 g/mol. The summed E-state index contributed by atoms with van der Waals surface area (Å²) in [4.78, 5) is 10.4. The van der Waals surface area contributed by atoms with Crippen LogP contribution in [0.15, 0.2) is 0 Å². The van der Waals surface area contributed by atoms with E-state index in [2.05, 4.69) is 0 Å². The summed E-state index contributed by atoms with van der Waals surface area (Å²) >= 11 is 0. The Hall–Kier alpha value is -0.570. The first kappa shape index (κ1) is 10.5. The third-order valence-corrected chi connectivity index (χ3v) is 2.99. The predicted molar refractivity (Wildman–Crippen MR) is 49.7 cm³/mol. The molecule has 1 fully saturated rings. The Kier molecular flexibility index (Phi) is 3.72. The SMILES string of the molecule is COC1(CCC(=O)O)CCCCC1. The summed E-state index contributed by atoms with van der Waals surface area (Å²) in [5.74, 6) is -0.720. The van der Waals surface area contributed by atoms with Crippen LogP contribution in [0.1, 0.15) is 44.9 Å². The second-order valence-electron chi connectivity index (χ2n) is 3.84. The standard InChI is InChI=1S/C10H18O3/c1-13-10(8-5-9(11)12)6-3-2-4-7-10/h2-8H2,1H3,(H,11,12). The van der Waals surface area contributed by atoms with Crippen LogP contribution in [0.4, 0.5) is 0 Å². The van der Waals surface area contributed by atoms with Crippen molar-refractivity contribution in [3.05, 3.63) is 0 Å². The maximum Gasteiger partial charge on any atom is 0.303 e. The van der Waals surface area contributed by atoms with Gasteiger partial charge in [-0.1, -0.05) is 19.3 Å². The van der Waals surface area contributed by atoms with Gasteiger partial charge in [-0.15, -0.1) is 0 Å². The molecule has 1 N–H and O–H groups in total. The first-order valence-corrected chi connectivity index (χ1v) is 4.95. The van der Waals surface area contributed by atoms with Gasteiger partial charge in [0.05, 0.1) is 5.60 Å². The van der Waals surface area contributed by atoms with Crippen molar-refractivity contribution in [1.82, 2.24) is 0 Å². The summed E-state index contributed by atoms with van der Waals surface area (Å²) in [6.45, 7) is 0. The van der Waals surface area contributed by atoms with Gasteiger partial charge < -0.3 is 9.84 Å². The van der Waals surface area contributed by atoms with Crippen LogP contribution < -0.4 is 0 Å². The quantitative estimate of drug-likeness (QED) is 0.732. The number of rotatable bonds is 4. The van der Waals surface area contributed by atoms with Gasteiger partial charge in [-0.25, -0.2) is 0 Å². The van der Waals surface area contributed by atoms with Crippen molar-refractivity contribution in [1.29, 1.82) is 0 Å². The highest BCUT2D eigenvalue weighted by Gasteiger charge is 2.31. The molecule has 0 aromatic rings. The minimum atomic E-state index is -0.720. The smallest absolute Gasteiger partial charge is 0.303 e. The number of hydrogen-bond acceptors (Lipinski definition) is 2. The number of carboxylic acid groups (broad SMARTS) is 1. The number of carbonyl (C=O) groups is 1. The molecule has 1 saturated carbocycles. The Balaban J connectivity index is 2.42. The summed E-state index contributed by atoms with van der Waals surface area (Å²) in [6, 6.07) is 0. The molecule has 0 bridgehead atoms. The Morgan fingerprint density at radius 2 is 2.00 bits per heavy atom. The van der Waals surface area contributed by atoms with E-state index in [9.17, 15) is 4.79 Å². The molecule has 13 heavy (non-hydrogen) atoms. The van der Waals surface area contributed by atoms with Gasteiger partial charge in [0.2, 0.25) is 0 Å². The molecule has 0 unspecified atom stereocenters. The van der Waals surface area contributed by atoms with E-state index in [0.717, 1.165) is 12.8 Å². The zero-order valence-electron chi connectivity index (χ0n) is 8.21. The lowest BCUT2D eigenvalue weighted by atomic mass is 9.81. The van der Waals surface area contributed by atoms with E-state index >= 15 is 0 Å². The van der Waals surface area contributed by atoms with Crippen molar-refractivity contribution < 1.29 is 14.6 Å². The van der Waals surface area contributed by atoms with Crippen LogP contribution in [0.25, 0.3) is 0 Å². The average Bonchev–Trinajstić information content (AvgIpc) is 2.16. The van der Waals surface area contributed by atoms with Gasteiger partial charge in [0.25, 0.3) is 0 Å². The second-order valence-corrected chi connectivity index (χ2v) is 3.84. The van der Waals surface area contributed by atoms with Gasteiger partial charge in [0, 0.05) is 13.5 Å². The largest absolute Gasteiger partial charge is 0.481 e. The van der Waals surface area contributed by atoms with Crippen LogP contribution in [0.2, 0.25) is 0 Å². The fourth-order valence-electron chi connectivity index (χ4n) is 2.09. The molecule has 0 radical (unpaired) electrons. The van der Waals surface area contributed by atoms with E-state index in [1.54, 1.807) is 7.11 Å². The van der Waals surface area contributed by atoms with Crippen LogP contribution in [0.5, 0.6) is 0 Å². The van der Waals surface area contributed by atoms with Crippen molar-refractivity contribution in [3.8, 4) is 0 Å². The van der Waals surface area contributed by atoms with E-state index in [1.807, 2.05) is 0 Å². The molecule has 76 valence electrons. The maximum absolute atomic E-state index is 10.4. The lowest BCUT2D eigenvalue weighted by molar-refractivity contribution is -0.139. The van der Waals surface area contributed by atoms with Gasteiger partial charge in [-0.2, -0.15) is 0 Å². The first-order valence-electron chi connectivity index (χ1n) is 4.95. The fraction of sp³-hybridized carbons (Fsp3) is 0.900. The fourth-order valence-corrected chi connectivity index (χ4v) is 2.09. The highest BCUT2D eigenvalue weighted by atomic mass is 16.5. The molecule has 0 spiro atoms. The third-order valence-electron chi connectivity index (χ3n) is 2.99. The number of aliphatic carboxylic acids is 1. The summed E-state index contributed by atoms with van der Waals surface area (Å²) in [7, 11) is 1.70. The Bertz CT molecular complexity index is 171. The highest BCUT2D eigenvalue weighted by molar-refractivity contribution is 5.66. The van der Waals surface area contributed by atoms with Crippen molar-refractivity contribution in [3.63, 3.8) is 0 Å². The van der Waals surface area contributed by atoms with Crippen LogP contribution in [0.3, 0.4) is 0 Å². The molecule has 0 aromatic carbocycles. The summed E-state index contributed by atoms with van der Waals surface area (Å²) in [5.41, 5.74) is -0.128. The average molecular weight is 186 g/mol. The first-order chi connectivity index (χ1) is 6.18. The van der Waals surface area contributed by atoms with E-state index in [4.69, 9.17) is 9.84 Å². The summed E-state index contributed by atoms with van der Waals surface area (Å²) in [5, 5.41) is 8.60. The molecule has 0 atom stereocenters. The van der Waals surface area contributed by atoms with Crippen LogP contribution in [-0.4, -0.2) is 23.8 Å².